The van der Waals surface area contributed by atoms with E-state index >= 15 is 0 Å². The number of ether oxygens (including phenoxy) is 1. The highest BCUT2D eigenvalue weighted by Gasteiger charge is 2.21. The van der Waals surface area contributed by atoms with Crippen molar-refractivity contribution in [3.8, 4) is 16.9 Å². The monoisotopic (exact) mass is 328 g/mol. The smallest absolute Gasteiger partial charge is 0.346 e. The summed E-state index contributed by atoms with van der Waals surface area (Å²) in [5.74, 6) is -5.56. The van der Waals surface area contributed by atoms with Crippen molar-refractivity contribution in [1.82, 2.24) is 0 Å². The number of carbonyl (C=O) groups is 1. The third kappa shape index (κ3) is 3.01. The minimum Gasteiger partial charge on any atom is -0.422 e. The molecule has 0 bridgehead atoms. The van der Waals surface area contributed by atoms with Crippen LogP contribution in [0.3, 0.4) is 0 Å². The zero-order valence-electron chi connectivity index (χ0n) is 12.3. The molecule has 0 unspecified atom stereocenters. The number of hydrogen-bond donors (Lipinski definition) is 0. The van der Waals surface area contributed by atoms with E-state index < -0.39 is 29.0 Å². The number of esters is 1. The number of para-hydroxylation sites is 1. The van der Waals surface area contributed by atoms with Crippen molar-refractivity contribution >= 4 is 5.97 Å². The Kier molecular flexibility index (Phi) is 4.33. The van der Waals surface area contributed by atoms with E-state index in [1.807, 2.05) is 30.3 Å². The van der Waals surface area contributed by atoms with Crippen LogP contribution in [-0.4, -0.2) is 5.97 Å². The molecule has 2 nitrogen and oxygen atoms in total. The summed E-state index contributed by atoms with van der Waals surface area (Å²) in [6.45, 7) is 0. The summed E-state index contributed by atoms with van der Waals surface area (Å²) in [6, 6.07) is 17.3. The van der Waals surface area contributed by atoms with Crippen LogP contribution < -0.4 is 4.74 Å². The second-order valence-electron chi connectivity index (χ2n) is 4.97. The van der Waals surface area contributed by atoms with Gasteiger partial charge in [0.15, 0.2) is 17.5 Å². The minimum absolute atomic E-state index is 0.192. The molecule has 5 heteroatoms. The first-order valence-electron chi connectivity index (χ1n) is 7.08. The minimum atomic E-state index is -1.71. The Labute approximate surface area is 136 Å². The van der Waals surface area contributed by atoms with Gasteiger partial charge in [0, 0.05) is 5.56 Å². The Morgan fingerprint density at radius 1 is 0.750 bits per heavy atom. The van der Waals surface area contributed by atoms with Crippen LogP contribution in [0.4, 0.5) is 13.2 Å². The van der Waals surface area contributed by atoms with Gasteiger partial charge in [-0.15, -0.1) is 0 Å². The Balaban J connectivity index is 1.95. The number of halogens is 3. The first kappa shape index (κ1) is 15.8. The van der Waals surface area contributed by atoms with E-state index in [4.69, 9.17) is 4.74 Å². The summed E-state index contributed by atoms with van der Waals surface area (Å²) >= 11 is 0. The molecule has 0 radical (unpaired) electrons. The van der Waals surface area contributed by atoms with Crippen LogP contribution in [-0.2, 0) is 0 Å². The number of hydrogen-bond acceptors (Lipinski definition) is 2. The zero-order valence-corrected chi connectivity index (χ0v) is 12.3. The van der Waals surface area contributed by atoms with Crippen molar-refractivity contribution < 1.29 is 22.7 Å². The molecule has 24 heavy (non-hydrogen) atoms. The number of carbonyl (C=O) groups excluding carboxylic acids is 1. The van der Waals surface area contributed by atoms with Crippen LogP contribution in [0, 0.1) is 17.5 Å². The molecule has 0 spiro atoms. The Morgan fingerprint density at radius 2 is 1.42 bits per heavy atom. The van der Waals surface area contributed by atoms with Crippen molar-refractivity contribution in [2.45, 2.75) is 0 Å². The fourth-order valence-corrected chi connectivity index (χ4v) is 2.25. The van der Waals surface area contributed by atoms with Gasteiger partial charge in [-0.1, -0.05) is 48.5 Å². The van der Waals surface area contributed by atoms with Gasteiger partial charge in [-0.3, -0.25) is 0 Å². The standard InChI is InChI=1S/C19H11F3O2/c20-15-11-10-14(17(21)18(15)22)19(23)24-16-9-5-4-8-13(16)12-6-2-1-3-7-12/h1-11H. The van der Waals surface area contributed by atoms with E-state index in [1.54, 1.807) is 18.2 Å². The second-order valence-corrected chi connectivity index (χ2v) is 4.97. The zero-order chi connectivity index (χ0) is 17.1. The molecular weight excluding hydrogens is 317 g/mol. The van der Waals surface area contributed by atoms with E-state index in [2.05, 4.69) is 0 Å². The maximum Gasteiger partial charge on any atom is 0.346 e. The lowest BCUT2D eigenvalue weighted by Crippen LogP contribution is -2.13. The third-order valence-corrected chi connectivity index (χ3v) is 3.43. The average molecular weight is 328 g/mol. The summed E-state index contributed by atoms with van der Waals surface area (Å²) < 4.78 is 45.2. The molecule has 0 heterocycles. The highest BCUT2D eigenvalue weighted by atomic mass is 19.2. The maximum absolute atomic E-state index is 13.7. The average Bonchev–Trinajstić information content (AvgIpc) is 2.61. The second kappa shape index (κ2) is 6.58. The van der Waals surface area contributed by atoms with Crippen molar-refractivity contribution in [2.24, 2.45) is 0 Å². The molecule has 0 amide bonds. The van der Waals surface area contributed by atoms with Gasteiger partial charge < -0.3 is 4.74 Å². The van der Waals surface area contributed by atoms with Crippen molar-refractivity contribution in [2.75, 3.05) is 0 Å². The number of rotatable bonds is 3. The van der Waals surface area contributed by atoms with Crippen LogP contribution >= 0.6 is 0 Å². The van der Waals surface area contributed by atoms with Gasteiger partial charge in [-0.05, 0) is 23.8 Å². The Hall–Kier alpha value is -3.08. The first-order valence-corrected chi connectivity index (χ1v) is 7.08. The van der Waals surface area contributed by atoms with E-state index in [-0.39, 0.29) is 5.75 Å². The maximum atomic E-state index is 13.7. The summed E-state index contributed by atoms with van der Waals surface area (Å²) in [4.78, 5) is 12.1. The molecule has 0 aliphatic heterocycles. The molecule has 3 aromatic rings. The van der Waals surface area contributed by atoms with Crippen LogP contribution in [0.25, 0.3) is 11.1 Å². The molecule has 120 valence electrons. The first-order chi connectivity index (χ1) is 11.6. The van der Waals surface area contributed by atoms with Gasteiger partial charge in [-0.2, -0.15) is 0 Å². The summed E-state index contributed by atoms with van der Waals surface area (Å²) in [6.07, 6.45) is 0. The number of benzene rings is 3. The molecule has 0 saturated carbocycles. The molecule has 3 aromatic carbocycles. The van der Waals surface area contributed by atoms with Crippen LogP contribution in [0.5, 0.6) is 5.75 Å². The molecule has 0 atom stereocenters. The molecule has 0 aliphatic carbocycles. The van der Waals surface area contributed by atoms with E-state index in [0.29, 0.717) is 11.6 Å². The van der Waals surface area contributed by atoms with Gasteiger partial charge in [-0.25, -0.2) is 18.0 Å². The lowest BCUT2D eigenvalue weighted by Gasteiger charge is -2.11. The molecular formula is C19H11F3O2. The quantitative estimate of drug-likeness (QED) is 0.385. The van der Waals surface area contributed by atoms with Crippen molar-refractivity contribution in [1.29, 1.82) is 0 Å². The van der Waals surface area contributed by atoms with Crippen molar-refractivity contribution in [3.05, 3.63) is 89.7 Å². The summed E-state index contributed by atoms with van der Waals surface area (Å²) in [5.41, 5.74) is 0.748. The fraction of sp³-hybridized carbons (Fsp3) is 0. The highest BCUT2D eigenvalue weighted by Crippen LogP contribution is 2.30. The van der Waals surface area contributed by atoms with Gasteiger partial charge in [0.25, 0.3) is 0 Å². The van der Waals surface area contributed by atoms with Gasteiger partial charge in [0.05, 0.1) is 5.56 Å². The van der Waals surface area contributed by atoms with Crippen LogP contribution in [0.2, 0.25) is 0 Å². The molecule has 0 aromatic heterocycles. The highest BCUT2D eigenvalue weighted by molar-refractivity contribution is 5.92. The summed E-state index contributed by atoms with van der Waals surface area (Å²) in [7, 11) is 0. The lowest BCUT2D eigenvalue weighted by atomic mass is 10.0. The fourth-order valence-electron chi connectivity index (χ4n) is 2.25. The predicted molar refractivity (Wildman–Crippen MR) is 83.2 cm³/mol. The van der Waals surface area contributed by atoms with Gasteiger partial charge in [0.1, 0.15) is 5.75 Å². The molecule has 0 N–H and O–H groups in total. The van der Waals surface area contributed by atoms with Crippen LogP contribution in [0.1, 0.15) is 10.4 Å². The third-order valence-electron chi connectivity index (χ3n) is 3.43. The SMILES string of the molecule is O=C(Oc1ccccc1-c1ccccc1)c1ccc(F)c(F)c1F. The Bertz CT molecular complexity index is 892. The largest absolute Gasteiger partial charge is 0.422 e. The predicted octanol–water partition coefficient (Wildman–Crippen LogP) is 4.99. The van der Waals surface area contributed by atoms with Crippen molar-refractivity contribution in [3.63, 3.8) is 0 Å². The molecule has 0 aliphatic rings. The van der Waals surface area contributed by atoms with E-state index in [9.17, 15) is 18.0 Å². The van der Waals surface area contributed by atoms with Gasteiger partial charge >= 0.3 is 5.97 Å². The van der Waals surface area contributed by atoms with Gasteiger partial charge in [0.2, 0.25) is 0 Å². The molecule has 0 fully saturated rings. The Morgan fingerprint density at radius 3 is 2.17 bits per heavy atom. The molecule has 0 saturated heterocycles. The normalized spacial score (nSPS) is 10.5. The molecule has 3 rings (SSSR count). The van der Waals surface area contributed by atoms with E-state index in [1.165, 1.54) is 6.07 Å². The van der Waals surface area contributed by atoms with Crippen LogP contribution in [0.15, 0.2) is 66.7 Å². The topological polar surface area (TPSA) is 26.3 Å². The summed E-state index contributed by atoms with van der Waals surface area (Å²) in [5, 5.41) is 0. The van der Waals surface area contributed by atoms with E-state index in [0.717, 1.165) is 11.6 Å². The lowest BCUT2D eigenvalue weighted by molar-refractivity contribution is 0.0729.